The normalized spacial score (nSPS) is 28.6. The Balaban J connectivity index is 2.42. The van der Waals surface area contributed by atoms with Gasteiger partial charge in [0.05, 0.1) is 19.3 Å². The molecule has 0 saturated heterocycles. The van der Waals surface area contributed by atoms with Gasteiger partial charge in [-0.25, -0.2) is 0 Å². The van der Waals surface area contributed by atoms with E-state index >= 15 is 0 Å². The van der Waals surface area contributed by atoms with Crippen molar-refractivity contribution in [1.82, 2.24) is 4.90 Å². The van der Waals surface area contributed by atoms with Gasteiger partial charge in [-0.15, -0.1) is 0 Å². The van der Waals surface area contributed by atoms with Gasteiger partial charge in [-0.2, -0.15) is 0 Å². The molecular formula is C9H19NO3. The average molecular weight is 189 g/mol. The number of hydrogen-bond donors (Lipinski definition) is 3. The summed E-state index contributed by atoms with van der Waals surface area (Å²) < 4.78 is 0. The first-order chi connectivity index (χ1) is 6.29. The molecule has 1 rings (SSSR count). The minimum Gasteiger partial charge on any atom is -0.395 e. The third kappa shape index (κ3) is 2.91. The van der Waals surface area contributed by atoms with Crippen LogP contribution in [-0.4, -0.2) is 58.7 Å². The molecule has 0 amide bonds. The molecule has 78 valence electrons. The summed E-state index contributed by atoms with van der Waals surface area (Å²) >= 11 is 0. The van der Waals surface area contributed by atoms with E-state index in [-0.39, 0.29) is 25.4 Å². The highest BCUT2D eigenvalue weighted by atomic mass is 16.3. The van der Waals surface area contributed by atoms with Crippen molar-refractivity contribution >= 4 is 0 Å². The third-order valence-electron chi connectivity index (χ3n) is 2.69. The van der Waals surface area contributed by atoms with Crippen LogP contribution in [0.25, 0.3) is 0 Å². The van der Waals surface area contributed by atoms with Crippen LogP contribution in [0.3, 0.4) is 0 Å². The molecule has 0 aromatic carbocycles. The number of rotatable bonds is 5. The van der Waals surface area contributed by atoms with Crippen molar-refractivity contribution in [2.75, 3.05) is 26.3 Å². The molecule has 2 atom stereocenters. The van der Waals surface area contributed by atoms with Gasteiger partial charge in [-0.05, 0) is 19.3 Å². The van der Waals surface area contributed by atoms with Crippen LogP contribution in [0.5, 0.6) is 0 Å². The Morgan fingerprint density at radius 3 is 2.08 bits per heavy atom. The molecule has 0 aromatic rings. The summed E-state index contributed by atoms with van der Waals surface area (Å²) in [5.41, 5.74) is 0. The maximum absolute atomic E-state index is 9.61. The van der Waals surface area contributed by atoms with E-state index in [0.29, 0.717) is 13.1 Å². The van der Waals surface area contributed by atoms with Crippen molar-refractivity contribution in [1.29, 1.82) is 0 Å². The zero-order valence-corrected chi connectivity index (χ0v) is 7.89. The minimum atomic E-state index is -0.280. The Morgan fingerprint density at radius 2 is 1.69 bits per heavy atom. The van der Waals surface area contributed by atoms with E-state index in [4.69, 9.17) is 10.2 Å². The van der Waals surface area contributed by atoms with E-state index in [0.717, 1.165) is 19.3 Å². The van der Waals surface area contributed by atoms with Gasteiger partial charge in [-0.3, -0.25) is 4.90 Å². The molecule has 1 aliphatic carbocycles. The van der Waals surface area contributed by atoms with Crippen molar-refractivity contribution in [3.05, 3.63) is 0 Å². The fourth-order valence-electron chi connectivity index (χ4n) is 2.05. The number of hydrogen-bond acceptors (Lipinski definition) is 4. The van der Waals surface area contributed by atoms with Crippen molar-refractivity contribution in [2.24, 2.45) is 0 Å². The quantitative estimate of drug-likeness (QED) is 0.529. The summed E-state index contributed by atoms with van der Waals surface area (Å²) in [7, 11) is 0. The molecule has 0 radical (unpaired) electrons. The van der Waals surface area contributed by atoms with E-state index in [1.165, 1.54) is 0 Å². The fourth-order valence-corrected chi connectivity index (χ4v) is 2.05. The Morgan fingerprint density at radius 1 is 1.08 bits per heavy atom. The number of nitrogens with zero attached hydrogens (tertiary/aromatic N) is 1. The van der Waals surface area contributed by atoms with Gasteiger partial charge in [-0.1, -0.05) is 0 Å². The Hall–Kier alpha value is -0.160. The Labute approximate surface area is 78.8 Å². The largest absolute Gasteiger partial charge is 0.395 e. The van der Waals surface area contributed by atoms with Crippen molar-refractivity contribution < 1.29 is 15.3 Å². The third-order valence-corrected chi connectivity index (χ3v) is 2.69. The average Bonchev–Trinajstić information content (AvgIpc) is 2.51. The molecule has 0 heterocycles. The van der Waals surface area contributed by atoms with Crippen molar-refractivity contribution in [3.8, 4) is 0 Å². The zero-order valence-electron chi connectivity index (χ0n) is 7.89. The summed E-state index contributed by atoms with van der Waals surface area (Å²) in [6.07, 6.45) is 2.58. The monoisotopic (exact) mass is 189 g/mol. The van der Waals surface area contributed by atoms with E-state index in [9.17, 15) is 5.11 Å². The van der Waals surface area contributed by atoms with Crippen LogP contribution in [0.2, 0.25) is 0 Å². The lowest BCUT2D eigenvalue weighted by Gasteiger charge is -2.29. The SMILES string of the molecule is OCCN(CCO)[C@H]1CCC[C@@H]1O. The molecule has 1 saturated carbocycles. The predicted molar refractivity (Wildman–Crippen MR) is 49.4 cm³/mol. The molecule has 1 aliphatic rings. The Bertz CT molecular complexity index is 137. The number of aliphatic hydroxyl groups excluding tert-OH is 3. The fraction of sp³-hybridized carbons (Fsp3) is 1.00. The second-order valence-corrected chi connectivity index (χ2v) is 3.55. The molecule has 0 bridgehead atoms. The van der Waals surface area contributed by atoms with Gasteiger partial charge in [0, 0.05) is 19.1 Å². The van der Waals surface area contributed by atoms with Crippen LogP contribution in [0.1, 0.15) is 19.3 Å². The van der Waals surface area contributed by atoms with Crippen LogP contribution >= 0.6 is 0 Å². The van der Waals surface area contributed by atoms with Gasteiger partial charge in [0.2, 0.25) is 0 Å². The standard InChI is InChI=1S/C9H19NO3/c11-6-4-10(5-7-12)8-2-1-3-9(8)13/h8-9,11-13H,1-7H2/t8-,9-/m0/s1. The van der Waals surface area contributed by atoms with Gasteiger partial charge in [0.15, 0.2) is 0 Å². The molecule has 13 heavy (non-hydrogen) atoms. The molecule has 4 nitrogen and oxygen atoms in total. The molecule has 0 aliphatic heterocycles. The minimum absolute atomic E-state index is 0.0865. The van der Waals surface area contributed by atoms with Crippen LogP contribution in [0.15, 0.2) is 0 Å². The van der Waals surface area contributed by atoms with Gasteiger partial charge >= 0.3 is 0 Å². The van der Waals surface area contributed by atoms with E-state index in [2.05, 4.69) is 0 Å². The lowest BCUT2D eigenvalue weighted by atomic mass is 10.2. The topological polar surface area (TPSA) is 63.9 Å². The summed E-state index contributed by atoms with van der Waals surface area (Å²) in [6, 6.07) is 0.138. The van der Waals surface area contributed by atoms with Crippen LogP contribution in [0.4, 0.5) is 0 Å². The molecule has 0 aromatic heterocycles. The van der Waals surface area contributed by atoms with Crippen molar-refractivity contribution in [3.63, 3.8) is 0 Å². The number of aliphatic hydroxyl groups is 3. The predicted octanol–water partition coefficient (Wildman–Crippen LogP) is -0.814. The Kier molecular flexibility index (Phi) is 4.66. The molecule has 0 spiro atoms. The first-order valence-corrected chi connectivity index (χ1v) is 4.93. The van der Waals surface area contributed by atoms with Gasteiger partial charge < -0.3 is 15.3 Å². The van der Waals surface area contributed by atoms with Crippen molar-refractivity contribution in [2.45, 2.75) is 31.4 Å². The van der Waals surface area contributed by atoms with E-state index in [1.54, 1.807) is 0 Å². The van der Waals surface area contributed by atoms with Crippen LogP contribution in [0, 0.1) is 0 Å². The second kappa shape index (κ2) is 5.54. The highest BCUT2D eigenvalue weighted by Gasteiger charge is 2.29. The molecule has 1 fully saturated rings. The van der Waals surface area contributed by atoms with Crippen LogP contribution < -0.4 is 0 Å². The first kappa shape index (κ1) is 10.9. The molecule has 4 heteroatoms. The van der Waals surface area contributed by atoms with E-state index < -0.39 is 0 Å². The van der Waals surface area contributed by atoms with Gasteiger partial charge in [0.1, 0.15) is 0 Å². The highest BCUT2D eigenvalue weighted by Crippen LogP contribution is 2.23. The summed E-state index contributed by atoms with van der Waals surface area (Å²) in [6.45, 7) is 1.26. The molecular weight excluding hydrogens is 170 g/mol. The maximum Gasteiger partial charge on any atom is 0.0695 e. The second-order valence-electron chi connectivity index (χ2n) is 3.55. The zero-order chi connectivity index (χ0) is 9.68. The molecule has 3 N–H and O–H groups in total. The highest BCUT2D eigenvalue weighted by molar-refractivity contribution is 4.84. The summed E-state index contributed by atoms with van der Waals surface area (Å²) in [4.78, 5) is 1.97. The summed E-state index contributed by atoms with van der Waals surface area (Å²) in [5, 5.41) is 27.2. The maximum atomic E-state index is 9.61. The smallest absolute Gasteiger partial charge is 0.0695 e. The summed E-state index contributed by atoms with van der Waals surface area (Å²) in [5.74, 6) is 0. The molecule has 0 unspecified atom stereocenters. The lowest BCUT2D eigenvalue weighted by Crippen LogP contribution is -2.43. The first-order valence-electron chi connectivity index (χ1n) is 4.93. The lowest BCUT2D eigenvalue weighted by molar-refractivity contribution is 0.0488. The van der Waals surface area contributed by atoms with Crippen LogP contribution in [-0.2, 0) is 0 Å². The van der Waals surface area contributed by atoms with E-state index in [1.807, 2.05) is 4.90 Å². The van der Waals surface area contributed by atoms with Gasteiger partial charge in [0.25, 0.3) is 0 Å².